The standard InChI is InChI=1S/C64H66F2N2O4S2.C33H44BNO4S.C16H14F2I2O2/c1-61(2,3)37-15-21-49-43(29-37)44-30-38(62(4,5)6)16-22-50(44)67(49)53-35-73-59(57(53)69)47-33-41(65)19-25-55(47)71-27-13-14-28-72-56-26-20-42(66)34-48(56)60-58(70)54(36-74-60)68-51-23-17-39(63(7,8)9)31-45(51)46-32-40(64(10,11)12)18-24-52(46)68;1-12-36-20-37-28-27(19-40-29(28)34-38-32(8,9)33(10,11)39-34)35-25-15-13-21(30(2,3)4)17-23(25)24-18-22(31(5,6)7)14-16-26(24)35;17-11-3-5-15(13(19)9-11)21-7-1-2-8-22-16-6-4-12(18)10-14(16)20/h15-26,29-36,69-70H,13-14,27-28H2,1-12H3;13-19H,12,20H2,1-11H3;3-6,9-10H,1-2,7-8H2. The Bertz CT molecular complexity index is 6590. The Balaban J connectivity index is 0.000000187. The van der Waals surface area contributed by atoms with E-state index in [1.54, 1.807) is 35.6 Å². The number of benzene rings is 10. The van der Waals surface area contributed by atoms with Gasteiger partial charge in [0.1, 0.15) is 46.3 Å². The molecule has 1 saturated heterocycles. The van der Waals surface area contributed by atoms with Gasteiger partial charge in [0.2, 0.25) is 0 Å². The molecular weight excluding hydrogens is 2000 g/mol. The monoisotopic (exact) mass is 2120 g/mol. The predicted octanol–water partition coefficient (Wildman–Crippen LogP) is 32.0. The van der Waals surface area contributed by atoms with Crippen molar-refractivity contribution in [1.82, 2.24) is 13.7 Å². The minimum Gasteiger partial charge on any atom is -0.504 e. The molecular formula is C113H124BF4I2N3O10S3. The van der Waals surface area contributed by atoms with Crippen molar-refractivity contribution < 1.29 is 65.5 Å². The number of fused-ring (bicyclic) bond motifs is 9. The molecule has 7 heterocycles. The molecule has 1 aliphatic heterocycles. The molecule has 714 valence electrons. The van der Waals surface area contributed by atoms with Crippen LogP contribution in [0.25, 0.3) is 103 Å². The first-order valence-electron chi connectivity index (χ1n) is 46.6. The lowest BCUT2D eigenvalue weighted by molar-refractivity contribution is 0.00578. The van der Waals surface area contributed by atoms with Crippen molar-refractivity contribution in [2.24, 2.45) is 0 Å². The first-order chi connectivity index (χ1) is 64.0. The van der Waals surface area contributed by atoms with Crippen LogP contribution in [-0.4, -0.2) is 82.1 Å². The Labute approximate surface area is 837 Å². The molecule has 0 aliphatic carbocycles. The molecule has 0 spiro atoms. The van der Waals surface area contributed by atoms with E-state index >= 15 is 8.78 Å². The van der Waals surface area contributed by atoms with Crippen molar-refractivity contribution in [3.63, 3.8) is 0 Å². The first kappa shape index (κ1) is 101. The zero-order valence-electron chi connectivity index (χ0n) is 82.2. The highest BCUT2D eigenvalue weighted by Gasteiger charge is 2.54. The fraction of sp³-hybridized carbons (Fsp3) is 0.363. The number of rotatable bonds is 24. The highest BCUT2D eigenvalue weighted by Crippen LogP contribution is 2.52. The lowest BCUT2D eigenvalue weighted by atomic mass is 9.85. The summed E-state index contributed by atoms with van der Waals surface area (Å²) in [6, 6.07) is 57.8. The van der Waals surface area contributed by atoms with Crippen LogP contribution in [-0.2, 0) is 46.5 Å². The van der Waals surface area contributed by atoms with Gasteiger partial charge in [-0.05, 0) is 317 Å². The van der Waals surface area contributed by atoms with Crippen LogP contribution in [0.5, 0.6) is 40.2 Å². The second-order valence-corrected chi connectivity index (χ2v) is 47.4. The van der Waals surface area contributed by atoms with E-state index in [1.807, 2.05) is 62.9 Å². The minimum absolute atomic E-state index is 0.0440. The second kappa shape index (κ2) is 39.6. The maximum Gasteiger partial charge on any atom is 0.509 e. The van der Waals surface area contributed by atoms with Gasteiger partial charge < -0.3 is 61.6 Å². The smallest absolute Gasteiger partial charge is 0.504 e. The van der Waals surface area contributed by atoms with Crippen molar-refractivity contribution in [3.05, 3.63) is 262 Å². The highest BCUT2D eigenvalue weighted by atomic mass is 127. The van der Waals surface area contributed by atoms with E-state index in [2.05, 4.69) is 281 Å². The van der Waals surface area contributed by atoms with Gasteiger partial charge >= 0.3 is 7.12 Å². The van der Waals surface area contributed by atoms with E-state index in [1.165, 1.54) is 115 Å². The van der Waals surface area contributed by atoms with Crippen molar-refractivity contribution in [1.29, 1.82) is 0 Å². The summed E-state index contributed by atoms with van der Waals surface area (Å²) in [6.45, 7) is 52.9. The number of hydrogen-bond acceptors (Lipinski definition) is 13. The molecule has 16 aromatic rings. The van der Waals surface area contributed by atoms with Crippen molar-refractivity contribution in [2.45, 2.75) is 229 Å². The van der Waals surface area contributed by atoms with Gasteiger partial charge in [0.05, 0.1) is 109 Å². The third kappa shape index (κ3) is 21.4. The summed E-state index contributed by atoms with van der Waals surface area (Å²) in [6.07, 6.45) is 2.84. The molecule has 0 unspecified atom stereocenters. The van der Waals surface area contributed by atoms with Crippen LogP contribution in [0.4, 0.5) is 17.6 Å². The van der Waals surface area contributed by atoms with Gasteiger partial charge in [-0.2, -0.15) is 0 Å². The fourth-order valence-corrected chi connectivity index (χ4v) is 21.0. The number of ether oxygens (including phenoxy) is 6. The molecule has 0 atom stereocenters. The summed E-state index contributed by atoms with van der Waals surface area (Å²) < 4.78 is 114. The van der Waals surface area contributed by atoms with E-state index in [9.17, 15) is 19.0 Å². The lowest BCUT2D eigenvalue weighted by Crippen LogP contribution is -2.41. The van der Waals surface area contributed by atoms with E-state index < -0.39 is 30.0 Å². The van der Waals surface area contributed by atoms with Crippen LogP contribution in [0.3, 0.4) is 0 Å². The van der Waals surface area contributed by atoms with Crippen LogP contribution in [0.1, 0.15) is 218 Å². The highest BCUT2D eigenvalue weighted by molar-refractivity contribution is 14.1. The summed E-state index contributed by atoms with van der Waals surface area (Å²) in [4.78, 5) is 1.02. The molecule has 136 heavy (non-hydrogen) atoms. The number of halogens is 6. The molecule has 17 rings (SSSR count). The molecule has 0 bridgehead atoms. The topological polar surface area (TPSA) is 129 Å². The Hall–Kier alpha value is -9.58. The van der Waals surface area contributed by atoms with Crippen LogP contribution >= 0.6 is 79.2 Å². The van der Waals surface area contributed by atoms with Crippen LogP contribution in [0, 0.1) is 30.4 Å². The number of nitrogens with zero attached hydrogens (tertiary/aromatic N) is 3. The Morgan fingerprint density at radius 3 is 0.890 bits per heavy atom. The average Bonchev–Trinajstić information content (AvgIpc) is 1.58. The number of unbranched alkanes of at least 4 members (excludes halogenated alkanes) is 2. The molecule has 6 aromatic heterocycles. The summed E-state index contributed by atoms with van der Waals surface area (Å²) in [5, 5.41) is 37.2. The van der Waals surface area contributed by atoms with Crippen LogP contribution < -0.4 is 28.5 Å². The zero-order valence-corrected chi connectivity index (χ0v) is 89.0. The fourth-order valence-electron chi connectivity index (χ4n) is 16.9. The summed E-state index contributed by atoms with van der Waals surface area (Å²) in [5.41, 5.74) is 15.9. The van der Waals surface area contributed by atoms with Crippen molar-refractivity contribution in [2.75, 3.05) is 39.8 Å². The molecule has 1 fully saturated rings. The second-order valence-electron chi connectivity index (χ2n) is 42.4. The third-order valence-corrected chi connectivity index (χ3v) is 30.3. The zero-order chi connectivity index (χ0) is 98.0. The largest absolute Gasteiger partial charge is 0.509 e. The Morgan fingerprint density at radius 1 is 0.346 bits per heavy atom. The Morgan fingerprint density at radius 2 is 0.610 bits per heavy atom. The predicted molar refractivity (Wildman–Crippen MR) is 574 cm³/mol. The number of aromatic hydroxyl groups is 2. The van der Waals surface area contributed by atoms with Gasteiger partial charge in [0.15, 0.2) is 24.0 Å². The van der Waals surface area contributed by atoms with E-state index in [0.717, 1.165) is 90.8 Å². The minimum atomic E-state index is -0.520. The lowest BCUT2D eigenvalue weighted by Gasteiger charge is -2.32. The van der Waals surface area contributed by atoms with Crippen molar-refractivity contribution >= 4 is 157 Å². The van der Waals surface area contributed by atoms with Crippen LogP contribution in [0.2, 0.25) is 0 Å². The summed E-state index contributed by atoms with van der Waals surface area (Å²) in [7, 11) is -0.520. The van der Waals surface area contributed by atoms with E-state index in [-0.39, 0.29) is 62.4 Å². The maximum atomic E-state index is 15.1. The van der Waals surface area contributed by atoms with Gasteiger partial charge in [-0.1, -0.05) is 161 Å². The van der Waals surface area contributed by atoms with Gasteiger partial charge in [0, 0.05) is 66.2 Å². The first-order valence-corrected chi connectivity index (χ1v) is 51.4. The van der Waals surface area contributed by atoms with E-state index in [0.29, 0.717) is 101 Å². The van der Waals surface area contributed by atoms with Gasteiger partial charge in [-0.3, -0.25) is 0 Å². The number of hydrogen-bond donors (Lipinski definition) is 2. The maximum absolute atomic E-state index is 15.1. The molecule has 1 aliphatic rings. The molecule has 10 aromatic carbocycles. The SMILES string of the molecule is CC(C)(C)c1ccc2c(c1)c1cc(C(C)(C)C)ccc1n2-c1csc(-c2cc(F)ccc2OCCCCOc2ccc(F)cc2-c2scc(-n3c4ccc(C(C)(C)C)cc4c4cc(C(C)(C)C)ccc43)c2O)c1O.CCOCOc1c(-n2c3ccc(C(C)(C)C)cc3c3cc(C(C)(C)C)ccc32)csc1B1OC(C)(C)C(C)(C)O1.Fc1ccc(OCCCCOc2ccc(F)cc2I)c(I)c1. The normalized spacial score (nSPS) is 13.8. The molecule has 2 N–H and O–H groups in total. The van der Waals surface area contributed by atoms with Gasteiger partial charge in [0.25, 0.3) is 0 Å². The van der Waals surface area contributed by atoms with Gasteiger partial charge in [-0.25, -0.2) is 17.6 Å². The van der Waals surface area contributed by atoms with Crippen LogP contribution in [0.15, 0.2) is 198 Å². The summed E-state index contributed by atoms with van der Waals surface area (Å²) in [5.74, 6) is 1.75. The summed E-state index contributed by atoms with van der Waals surface area (Å²) >= 11 is 8.41. The third-order valence-electron chi connectivity index (χ3n) is 25.7. The van der Waals surface area contributed by atoms with E-state index in [4.69, 9.17) is 37.7 Å². The number of aromatic nitrogens is 3. The quantitative estimate of drug-likeness (QED) is 0.0198. The molecule has 23 heteroatoms. The Kier molecular flexibility index (Phi) is 29.4. The number of thiophene rings is 3. The molecule has 13 nitrogen and oxygen atoms in total. The van der Waals surface area contributed by atoms with Gasteiger partial charge in [-0.15, -0.1) is 34.0 Å². The van der Waals surface area contributed by atoms with Crippen molar-refractivity contribution in [3.8, 4) is 78.2 Å². The molecule has 0 saturated carbocycles. The average molecular weight is 2120 g/mol. The molecule has 0 amide bonds. The molecule has 0 radical (unpaired) electrons.